The molecular weight excluding hydrogens is 497 g/mol. The first-order chi connectivity index (χ1) is 13.9. The maximum absolute atomic E-state index is 12.0. The Hall–Kier alpha value is -1.43. The topological polar surface area (TPSA) is 98.2 Å². The molecule has 8 nitrogen and oxygen atoms in total. The second kappa shape index (κ2) is 13.8. The zero-order chi connectivity index (χ0) is 21.1. The van der Waals surface area contributed by atoms with Crippen molar-refractivity contribution in [1.82, 2.24) is 20.9 Å². The van der Waals surface area contributed by atoms with Gasteiger partial charge in [0.05, 0.1) is 25.4 Å². The van der Waals surface area contributed by atoms with Crippen LogP contribution in [0.5, 0.6) is 0 Å². The molecule has 1 fully saturated rings. The lowest BCUT2D eigenvalue weighted by molar-refractivity contribution is -0.0201. The van der Waals surface area contributed by atoms with Gasteiger partial charge in [-0.1, -0.05) is 12.1 Å². The van der Waals surface area contributed by atoms with Gasteiger partial charge in [-0.3, -0.25) is 9.69 Å². The largest absolute Gasteiger partial charge is 0.387 e. The van der Waals surface area contributed by atoms with Crippen LogP contribution in [0, 0.1) is 0 Å². The van der Waals surface area contributed by atoms with Crippen LogP contribution in [0.25, 0.3) is 0 Å². The number of halogens is 1. The summed E-state index contributed by atoms with van der Waals surface area (Å²) in [6.07, 6.45) is 0. The van der Waals surface area contributed by atoms with Gasteiger partial charge in [-0.2, -0.15) is 0 Å². The Morgan fingerprint density at radius 3 is 2.57 bits per heavy atom. The SMILES string of the molecule is CCNC(=O)c1cccc(CN=C(NCC)NCC(C)(O)CN2CCOCC2)c1.I. The van der Waals surface area contributed by atoms with Crippen LogP contribution < -0.4 is 16.0 Å². The molecule has 2 rings (SSSR count). The van der Waals surface area contributed by atoms with E-state index in [2.05, 4.69) is 25.8 Å². The molecule has 1 unspecified atom stereocenters. The highest BCUT2D eigenvalue weighted by molar-refractivity contribution is 14.0. The van der Waals surface area contributed by atoms with Crippen LogP contribution in [0.4, 0.5) is 0 Å². The van der Waals surface area contributed by atoms with E-state index in [0.29, 0.717) is 50.9 Å². The van der Waals surface area contributed by atoms with Gasteiger partial charge in [0.2, 0.25) is 0 Å². The number of β-amino-alcohol motifs (C(OH)–C–C–N with tert-alkyl or cyclic N) is 1. The molecule has 1 aromatic carbocycles. The molecule has 170 valence electrons. The lowest BCUT2D eigenvalue weighted by Gasteiger charge is -2.34. The predicted molar refractivity (Wildman–Crippen MR) is 131 cm³/mol. The molecule has 0 bridgehead atoms. The van der Waals surface area contributed by atoms with Gasteiger partial charge in [-0.15, -0.1) is 24.0 Å². The summed E-state index contributed by atoms with van der Waals surface area (Å²) in [6.45, 7) is 11.5. The molecule has 0 aromatic heterocycles. The van der Waals surface area contributed by atoms with Gasteiger partial charge < -0.3 is 25.8 Å². The molecule has 0 radical (unpaired) electrons. The summed E-state index contributed by atoms with van der Waals surface area (Å²) in [4.78, 5) is 18.8. The Bertz CT molecular complexity index is 678. The maximum atomic E-state index is 12.0. The maximum Gasteiger partial charge on any atom is 0.251 e. The van der Waals surface area contributed by atoms with Crippen molar-refractivity contribution in [3.8, 4) is 0 Å². The number of carbonyl (C=O) groups is 1. The summed E-state index contributed by atoms with van der Waals surface area (Å²) in [5.41, 5.74) is 0.697. The highest BCUT2D eigenvalue weighted by Gasteiger charge is 2.25. The average molecular weight is 533 g/mol. The molecule has 30 heavy (non-hydrogen) atoms. The first-order valence-electron chi connectivity index (χ1n) is 10.4. The molecule has 1 atom stereocenters. The molecule has 1 heterocycles. The van der Waals surface area contributed by atoms with E-state index < -0.39 is 5.60 Å². The zero-order valence-corrected chi connectivity index (χ0v) is 20.6. The molecule has 0 spiro atoms. The number of rotatable bonds is 9. The number of hydrogen-bond donors (Lipinski definition) is 4. The number of aliphatic imine (C=N–C) groups is 1. The van der Waals surface area contributed by atoms with E-state index in [1.807, 2.05) is 39.0 Å². The predicted octanol–water partition coefficient (Wildman–Crippen LogP) is 1.19. The lowest BCUT2D eigenvalue weighted by atomic mass is 10.1. The zero-order valence-electron chi connectivity index (χ0n) is 18.2. The number of amides is 1. The lowest BCUT2D eigenvalue weighted by Crippen LogP contribution is -2.52. The van der Waals surface area contributed by atoms with Crippen LogP contribution in [-0.4, -0.2) is 80.0 Å². The second-order valence-corrected chi connectivity index (χ2v) is 7.49. The summed E-state index contributed by atoms with van der Waals surface area (Å²) in [5.74, 6) is 0.556. The quantitative estimate of drug-likeness (QED) is 0.217. The van der Waals surface area contributed by atoms with Crippen molar-refractivity contribution >= 4 is 35.8 Å². The van der Waals surface area contributed by atoms with Gasteiger partial charge in [0.1, 0.15) is 0 Å². The van der Waals surface area contributed by atoms with Crippen LogP contribution in [0.15, 0.2) is 29.3 Å². The fourth-order valence-corrected chi connectivity index (χ4v) is 3.16. The molecule has 9 heteroatoms. The average Bonchev–Trinajstić information content (AvgIpc) is 2.71. The van der Waals surface area contributed by atoms with Gasteiger partial charge in [0.15, 0.2) is 5.96 Å². The van der Waals surface area contributed by atoms with Crippen molar-refractivity contribution < 1.29 is 14.6 Å². The number of morpholine rings is 1. The summed E-state index contributed by atoms with van der Waals surface area (Å²) < 4.78 is 5.36. The van der Waals surface area contributed by atoms with E-state index in [-0.39, 0.29) is 29.9 Å². The molecule has 1 saturated heterocycles. The van der Waals surface area contributed by atoms with Crippen molar-refractivity contribution in [3.05, 3.63) is 35.4 Å². The van der Waals surface area contributed by atoms with Crippen LogP contribution in [0.2, 0.25) is 0 Å². The number of benzene rings is 1. The Labute approximate surface area is 196 Å². The smallest absolute Gasteiger partial charge is 0.251 e. The fraction of sp³-hybridized carbons (Fsp3) is 0.619. The van der Waals surface area contributed by atoms with Gasteiger partial charge >= 0.3 is 0 Å². The first-order valence-corrected chi connectivity index (χ1v) is 10.4. The Balaban J connectivity index is 0.00000450. The third-order valence-corrected chi connectivity index (χ3v) is 4.60. The van der Waals surface area contributed by atoms with Crippen molar-refractivity contribution in [3.63, 3.8) is 0 Å². The second-order valence-electron chi connectivity index (χ2n) is 7.49. The summed E-state index contributed by atoms with van der Waals surface area (Å²) in [5, 5.41) is 20.0. The Morgan fingerprint density at radius 2 is 1.90 bits per heavy atom. The van der Waals surface area contributed by atoms with Crippen molar-refractivity contribution in [2.45, 2.75) is 32.9 Å². The molecule has 4 N–H and O–H groups in total. The number of carbonyl (C=O) groups excluding carboxylic acids is 1. The highest BCUT2D eigenvalue weighted by atomic mass is 127. The standard InChI is InChI=1S/C21H35N5O3.HI/c1-4-22-19(27)18-8-6-7-17(13-18)14-24-20(23-5-2)25-15-21(3,28)16-26-9-11-29-12-10-26;/h6-8,13,28H,4-5,9-12,14-16H2,1-3H3,(H,22,27)(H2,23,24,25);1H. The monoisotopic (exact) mass is 533 g/mol. The van der Waals surface area contributed by atoms with E-state index >= 15 is 0 Å². The van der Waals surface area contributed by atoms with Gasteiger partial charge in [0, 0.05) is 44.8 Å². The van der Waals surface area contributed by atoms with Crippen molar-refractivity contribution in [2.24, 2.45) is 4.99 Å². The van der Waals surface area contributed by atoms with E-state index in [0.717, 1.165) is 25.2 Å². The van der Waals surface area contributed by atoms with Crippen LogP contribution >= 0.6 is 24.0 Å². The third kappa shape index (κ3) is 9.59. The number of nitrogens with one attached hydrogen (secondary N) is 3. The number of guanidine groups is 1. The molecule has 1 aromatic rings. The fourth-order valence-electron chi connectivity index (χ4n) is 3.16. The highest BCUT2D eigenvalue weighted by Crippen LogP contribution is 2.09. The number of ether oxygens (including phenoxy) is 1. The van der Waals surface area contributed by atoms with E-state index in [4.69, 9.17) is 4.74 Å². The molecule has 0 saturated carbocycles. The van der Waals surface area contributed by atoms with Crippen LogP contribution in [0.1, 0.15) is 36.7 Å². The number of nitrogens with zero attached hydrogens (tertiary/aromatic N) is 2. The molecule has 1 amide bonds. The Morgan fingerprint density at radius 1 is 1.20 bits per heavy atom. The minimum absolute atomic E-state index is 0. The van der Waals surface area contributed by atoms with Crippen molar-refractivity contribution in [1.29, 1.82) is 0 Å². The molecular formula is C21H36IN5O3. The minimum atomic E-state index is -0.883. The minimum Gasteiger partial charge on any atom is -0.387 e. The molecule has 1 aliphatic rings. The van der Waals surface area contributed by atoms with E-state index in [9.17, 15) is 9.90 Å². The van der Waals surface area contributed by atoms with Gasteiger partial charge in [0.25, 0.3) is 5.91 Å². The van der Waals surface area contributed by atoms with Crippen LogP contribution in [0.3, 0.4) is 0 Å². The molecule has 0 aliphatic carbocycles. The summed E-state index contributed by atoms with van der Waals surface area (Å²) in [7, 11) is 0. The molecule has 1 aliphatic heterocycles. The number of aliphatic hydroxyl groups is 1. The van der Waals surface area contributed by atoms with E-state index in [1.165, 1.54) is 0 Å². The van der Waals surface area contributed by atoms with Gasteiger partial charge in [-0.05, 0) is 38.5 Å². The third-order valence-electron chi connectivity index (χ3n) is 4.60. The summed E-state index contributed by atoms with van der Waals surface area (Å²) in [6, 6.07) is 7.46. The van der Waals surface area contributed by atoms with Gasteiger partial charge in [-0.25, -0.2) is 4.99 Å². The number of hydrogen-bond acceptors (Lipinski definition) is 5. The summed E-state index contributed by atoms with van der Waals surface area (Å²) >= 11 is 0. The Kier molecular flexibility index (Phi) is 12.2. The normalized spacial score (nSPS) is 16.9. The van der Waals surface area contributed by atoms with Crippen LogP contribution in [-0.2, 0) is 11.3 Å². The van der Waals surface area contributed by atoms with E-state index in [1.54, 1.807) is 6.07 Å². The van der Waals surface area contributed by atoms with Crippen molar-refractivity contribution in [2.75, 3.05) is 52.5 Å². The first kappa shape index (κ1) is 26.6.